The molecule has 0 radical (unpaired) electrons. The van der Waals surface area contributed by atoms with E-state index in [1.54, 1.807) is 29.5 Å². The molecule has 1 N–H and O–H groups in total. The van der Waals surface area contributed by atoms with Crippen LogP contribution in [0.15, 0.2) is 35.6 Å². The number of amides is 1. The normalized spacial score (nSPS) is 18.4. The van der Waals surface area contributed by atoms with Crippen molar-refractivity contribution in [2.45, 2.75) is 38.6 Å². The Balaban J connectivity index is 1.79. The lowest BCUT2D eigenvalue weighted by atomic mass is 9.87. The van der Waals surface area contributed by atoms with E-state index in [1.165, 1.54) is 19.2 Å². The van der Waals surface area contributed by atoms with Gasteiger partial charge in [-0.1, -0.05) is 18.1 Å². The van der Waals surface area contributed by atoms with E-state index in [4.69, 9.17) is 4.84 Å². The van der Waals surface area contributed by atoms with Gasteiger partial charge in [0.25, 0.3) is 5.60 Å². The van der Waals surface area contributed by atoms with Crippen LogP contribution in [0, 0.1) is 16.3 Å². The molecule has 2 aromatic rings. The quantitative estimate of drug-likeness (QED) is 0.379. The van der Waals surface area contributed by atoms with Crippen LogP contribution >= 0.6 is 22.6 Å². The van der Waals surface area contributed by atoms with Crippen LogP contribution in [0.25, 0.3) is 0 Å². The van der Waals surface area contributed by atoms with E-state index in [2.05, 4.69) is 15.5 Å². The highest BCUT2D eigenvalue weighted by Gasteiger charge is 2.62. The number of sulfone groups is 1. The number of hydrogen-bond donors (Lipinski definition) is 1. The Hall–Kier alpha value is -2.29. The number of carbonyl (C=O) groups excluding carboxylic acids is 1. The fourth-order valence-corrected chi connectivity index (χ4v) is 4.48. The van der Waals surface area contributed by atoms with Gasteiger partial charge in [0.1, 0.15) is 17.3 Å². The second kappa shape index (κ2) is 9.76. The lowest BCUT2D eigenvalue weighted by Crippen LogP contribution is -2.42. The molecule has 0 saturated heterocycles. The first-order valence-electron chi connectivity index (χ1n) is 9.98. The Morgan fingerprint density at radius 3 is 2.59 bits per heavy atom. The molecule has 184 valence electrons. The summed E-state index contributed by atoms with van der Waals surface area (Å²) >= 11 is 1.61. The van der Waals surface area contributed by atoms with Gasteiger partial charge < -0.3 is 10.2 Å². The zero-order valence-corrected chi connectivity index (χ0v) is 21.0. The van der Waals surface area contributed by atoms with Gasteiger partial charge in [-0.2, -0.15) is 13.2 Å². The number of nitrogens with one attached hydrogen (secondary N) is 1. The van der Waals surface area contributed by atoms with E-state index in [-0.39, 0.29) is 32.8 Å². The molecule has 0 spiro atoms. The van der Waals surface area contributed by atoms with Crippen LogP contribution in [0.4, 0.5) is 17.6 Å². The maximum atomic E-state index is 14.1. The number of hydrogen-bond acceptors (Lipinski definition) is 6. The van der Waals surface area contributed by atoms with Crippen LogP contribution in [-0.4, -0.2) is 42.7 Å². The number of aromatic nitrogens is 1. The first-order chi connectivity index (χ1) is 15.8. The lowest BCUT2D eigenvalue weighted by molar-refractivity contribution is -0.275. The van der Waals surface area contributed by atoms with Crippen LogP contribution in [0.3, 0.4) is 0 Å². The molecule has 0 aliphatic carbocycles. The topological polar surface area (TPSA) is 97.7 Å². The minimum absolute atomic E-state index is 0.000657. The number of rotatable bonds is 7. The van der Waals surface area contributed by atoms with Gasteiger partial charge in [-0.25, -0.2) is 12.8 Å². The van der Waals surface area contributed by atoms with Crippen LogP contribution in [0.2, 0.25) is 0 Å². The van der Waals surface area contributed by atoms with E-state index < -0.39 is 45.5 Å². The summed E-state index contributed by atoms with van der Waals surface area (Å²) in [5.74, 6) is -2.10. The van der Waals surface area contributed by atoms with Crippen LogP contribution in [0.5, 0.6) is 0 Å². The van der Waals surface area contributed by atoms with Gasteiger partial charge in [-0.05, 0) is 58.8 Å². The molecule has 1 aliphatic heterocycles. The largest absolute Gasteiger partial charge is 0.435 e. The van der Waals surface area contributed by atoms with Crippen molar-refractivity contribution in [1.82, 2.24) is 10.3 Å². The van der Waals surface area contributed by atoms with Gasteiger partial charge in [0, 0.05) is 27.6 Å². The predicted octanol–water partition coefficient (Wildman–Crippen LogP) is 3.77. The molecule has 0 bridgehead atoms. The Bertz CT molecular complexity index is 1250. The second-order valence-electron chi connectivity index (χ2n) is 7.71. The minimum Gasteiger partial charge on any atom is -0.374 e. The summed E-state index contributed by atoms with van der Waals surface area (Å²) in [7, 11) is -3.47. The molecule has 1 atom stereocenters. The molecular formula is C21H20F4IN3O4S. The second-order valence-corrected chi connectivity index (χ2v) is 11.2. The lowest BCUT2D eigenvalue weighted by Gasteiger charge is -2.29. The van der Waals surface area contributed by atoms with Gasteiger partial charge in [-0.3, -0.25) is 9.78 Å². The number of halogens is 5. The summed E-state index contributed by atoms with van der Waals surface area (Å²) in [6.07, 6.45) is -4.12. The van der Waals surface area contributed by atoms with Crippen molar-refractivity contribution in [3.63, 3.8) is 0 Å². The molecule has 1 unspecified atom stereocenters. The van der Waals surface area contributed by atoms with Gasteiger partial charge in [0.15, 0.2) is 9.84 Å². The average molecular weight is 613 g/mol. The summed E-state index contributed by atoms with van der Waals surface area (Å²) in [5, 5.41) is 6.14. The third-order valence-electron chi connectivity index (χ3n) is 5.35. The molecule has 13 heteroatoms. The average Bonchev–Trinajstić information content (AvgIpc) is 3.21. The maximum Gasteiger partial charge on any atom is 0.435 e. The van der Waals surface area contributed by atoms with Gasteiger partial charge >= 0.3 is 6.18 Å². The third kappa shape index (κ3) is 5.50. The number of carbonyl (C=O) groups is 1. The third-order valence-corrected chi connectivity index (χ3v) is 7.76. The maximum absolute atomic E-state index is 14.1. The highest BCUT2D eigenvalue weighted by Crippen LogP contribution is 2.49. The Morgan fingerprint density at radius 2 is 2.00 bits per heavy atom. The Labute approximate surface area is 207 Å². The number of aryl methyl sites for hydroxylation is 1. The van der Waals surface area contributed by atoms with Crippen LogP contribution in [0.1, 0.15) is 35.7 Å². The van der Waals surface area contributed by atoms with Gasteiger partial charge in [-0.15, -0.1) is 0 Å². The first-order valence-corrected chi connectivity index (χ1v) is 12.9. The van der Waals surface area contributed by atoms with Crippen molar-refractivity contribution in [2.75, 3.05) is 11.5 Å². The van der Waals surface area contributed by atoms with Crippen molar-refractivity contribution in [1.29, 1.82) is 0 Å². The molecule has 1 amide bonds. The molecule has 0 saturated carbocycles. The van der Waals surface area contributed by atoms with Crippen molar-refractivity contribution in [3.8, 4) is 0 Å². The van der Waals surface area contributed by atoms with Crippen LogP contribution < -0.4 is 5.32 Å². The summed E-state index contributed by atoms with van der Waals surface area (Å²) in [6.45, 7) is 3.11. The molecule has 1 aromatic carbocycles. The number of alkyl halides is 3. The molecule has 7 nitrogen and oxygen atoms in total. The van der Waals surface area contributed by atoms with Crippen molar-refractivity contribution >= 4 is 44.0 Å². The molecule has 0 fully saturated rings. The zero-order valence-electron chi connectivity index (χ0n) is 18.0. The number of oxime groups is 1. The standard InChI is InChI=1S/C21H20F4IN3O4S/c1-3-34(31,32)11-19(30)28-10-13-9-27-17(6-12(13)2)18-8-20(33-29-18,21(23,24)25)14-4-5-15(22)16(26)7-14/h4-7,9H,3,8,10-11H2,1-2H3,(H,28,30). The molecule has 1 aromatic heterocycles. The summed E-state index contributed by atoms with van der Waals surface area (Å²) < 4.78 is 79.0. The predicted molar refractivity (Wildman–Crippen MR) is 124 cm³/mol. The van der Waals surface area contributed by atoms with E-state index in [1.807, 2.05) is 0 Å². The fourth-order valence-electron chi connectivity index (χ4n) is 3.26. The van der Waals surface area contributed by atoms with Crippen molar-refractivity contribution in [3.05, 3.63) is 62.2 Å². The summed E-state index contributed by atoms with van der Waals surface area (Å²) in [5.41, 5.74) is -1.77. The number of benzene rings is 1. The highest BCUT2D eigenvalue weighted by atomic mass is 127. The van der Waals surface area contributed by atoms with Crippen molar-refractivity contribution in [2.24, 2.45) is 5.16 Å². The molecule has 34 heavy (non-hydrogen) atoms. The minimum atomic E-state index is -4.84. The van der Waals surface area contributed by atoms with E-state index in [9.17, 15) is 30.8 Å². The number of nitrogens with zero attached hydrogens (tertiary/aromatic N) is 2. The van der Waals surface area contributed by atoms with E-state index >= 15 is 0 Å². The molecule has 2 heterocycles. The summed E-state index contributed by atoms with van der Waals surface area (Å²) in [4.78, 5) is 20.9. The SMILES string of the molecule is CCS(=O)(=O)CC(=O)NCc1cnc(C2=NOC(c3ccc(F)c(I)c3)(C(F)(F)F)C2)cc1C. The first kappa shape index (κ1) is 26.3. The Morgan fingerprint density at radius 1 is 1.29 bits per heavy atom. The number of pyridine rings is 1. The van der Waals surface area contributed by atoms with Crippen LogP contribution in [-0.2, 0) is 31.6 Å². The van der Waals surface area contributed by atoms with Gasteiger partial charge in [0.2, 0.25) is 5.91 Å². The molecule has 1 aliphatic rings. The smallest absolute Gasteiger partial charge is 0.374 e. The van der Waals surface area contributed by atoms with E-state index in [0.717, 1.165) is 18.2 Å². The highest BCUT2D eigenvalue weighted by molar-refractivity contribution is 14.1. The fraction of sp³-hybridized carbons (Fsp3) is 0.381. The monoisotopic (exact) mass is 613 g/mol. The summed E-state index contributed by atoms with van der Waals surface area (Å²) in [6, 6.07) is 4.55. The molecular weight excluding hydrogens is 593 g/mol. The zero-order chi connectivity index (χ0) is 25.3. The molecule has 3 rings (SSSR count). The van der Waals surface area contributed by atoms with Gasteiger partial charge in [0.05, 0.1) is 12.1 Å². The van der Waals surface area contributed by atoms with E-state index in [0.29, 0.717) is 11.1 Å². The van der Waals surface area contributed by atoms with Crippen molar-refractivity contribution < 1.29 is 35.6 Å². The Kier molecular flexibility index (Phi) is 7.55.